The molecule has 6 atom stereocenters. The molecule has 0 aliphatic rings. The average molecular weight is 937 g/mol. The predicted octanol–water partition coefficient (Wildman–Crippen LogP) is -0.103. The third-order valence-corrected chi connectivity index (χ3v) is 11.0. The summed E-state index contributed by atoms with van der Waals surface area (Å²) in [7, 11) is 0. The molecule has 22 heteroatoms. The van der Waals surface area contributed by atoms with Crippen molar-refractivity contribution in [3.8, 4) is 0 Å². The van der Waals surface area contributed by atoms with E-state index in [2.05, 4.69) is 51.8 Å². The number of hydrogen-bond acceptors (Lipinski definition) is 12. The normalized spacial score (nSPS) is 14.1. The van der Waals surface area contributed by atoms with E-state index in [4.69, 9.17) is 28.0 Å². The second-order valence-corrected chi connectivity index (χ2v) is 16.3. The number of imidazole rings is 1. The van der Waals surface area contributed by atoms with E-state index in [-0.39, 0.29) is 44.6 Å². The summed E-state index contributed by atoms with van der Waals surface area (Å²) in [5, 5.41) is 28.2. The van der Waals surface area contributed by atoms with Crippen LogP contribution in [0.4, 0.5) is 5.69 Å². The minimum atomic E-state index is -1.43. The largest absolute Gasteiger partial charge is 0.481 e. The SMILES string of the molecule is C[C@@H](NC(=O)[C@H](Cc1cnc[nH]1)NC(=O)[C@@H](N)CC(=O)O)C(=O)NC(N)=NCCC[C@H](Nc1ccc2ccccc2c1)C(=O)N[C@@H](Cc1c[nH]c2ccccc12)C(=O)N[C@@H](CCCCN)C(N)=O. The van der Waals surface area contributed by atoms with Crippen LogP contribution in [0.5, 0.6) is 0 Å². The predicted molar refractivity (Wildman–Crippen MR) is 255 cm³/mol. The zero-order valence-electron chi connectivity index (χ0n) is 37.6. The van der Waals surface area contributed by atoms with E-state index in [1.54, 1.807) is 6.20 Å². The number of amides is 6. The van der Waals surface area contributed by atoms with E-state index >= 15 is 0 Å². The number of aliphatic imine (C=N–C) groups is 1. The van der Waals surface area contributed by atoms with Crippen molar-refractivity contribution in [2.24, 2.45) is 27.9 Å². The summed E-state index contributed by atoms with van der Waals surface area (Å²) < 4.78 is 0. The number of nitrogens with zero attached hydrogens (tertiary/aromatic N) is 2. The number of benzene rings is 3. The van der Waals surface area contributed by atoms with Gasteiger partial charge in [-0.25, -0.2) is 4.98 Å². The highest BCUT2D eigenvalue weighted by Crippen LogP contribution is 2.22. The first-order valence-corrected chi connectivity index (χ1v) is 22.2. The van der Waals surface area contributed by atoms with E-state index in [0.29, 0.717) is 30.8 Å². The fraction of sp³-hybridized carbons (Fsp3) is 0.370. The Balaban J connectivity index is 1.27. The van der Waals surface area contributed by atoms with Crippen molar-refractivity contribution >= 4 is 74.7 Å². The zero-order chi connectivity index (χ0) is 49.2. The van der Waals surface area contributed by atoms with Crippen molar-refractivity contribution in [2.45, 2.75) is 94.5 Å². The number of guanidine groups is 1. The molecule has 0 fully saturated rings. The summed E-state index contributed by atoms with van der Waals surface area (Å²) >= 11 is 0. The molecular formula is C46H60N14O8. The van der Waals surface area contributed by atoms with Gasteiger partial charge in [0.2, 0.25) is 35.4 Å². The minimum absolute atomic E-state index is 0.0489. The highest BCUT2D eigenvalue weighted by atomic mass is 16.4. The van der Waals surface area contributed by atoms with Gasteiger partial charge in [0.05, 0.1) is 18.8 Å². The van der Waals surface area contributed by atoms with Crippen molar-refractivity contribution in [2.75, 3.05) is 18.4 Å². The van der Waals surface area contributed by atoms with Gasteiger partial charge in [-0.05, 0) is 80.1 Å². The first-order chi connectivity index (χ1) is 32.6. The molecule has 2 aromatic heterocycles. The lowest BCUT2D eigenvalue weighted by Gasteiger charge is -2.25. The number of para-hydroxylation sites is 1. The number of aliphatic carboxylic acids is 1. The van der Waals surface area contributed by atoms with E-state index < -0.39 is 84.1 Å². The first-order valence-electron chi connectivity index (χ1n) is 22.2. The number of nitrogens with one attached hydrogen (secondary N) is 8. The maximum Gasteiger partial charge on any atom is 0.305 e. The molecule has 0 saturated heterocycles. The van der Waals surface area contributed by atoms with Gasteiger partial charge in [-0.3, -0.25) is 43.9 Å². The Morgan fingerprint density at radius 2 is 1.40 bits per heavy atom. The lowest BCUT2D eigenvalue weighted by atomic mass is 10.0. The number of hydrogen-bond donors (Lipinski definition) is 13. The maximum absolute atomic E-state index is 14.4. The van der Waals surface area contributed by atoms with E-state index in [1.165, 1.54) is 19.4 Å². The number of H-pyrrole nitrogens is 2. The Labute approximate surface area is 391 Å². The molecule has 5 aromatic rings. The molecule has 0 spiro atoms. The number of carboxylic acid groups (broad SMARTS) is 1. The van der Waals surface area contributed by atoms with Gasteiger partial charge in [-0.15, -0.1) is 0 Å². The van der Waals surface area contributed by atoms with Gasteiger partial charge in [-0.1, -0.05) is 48.5 Å². The second-order valence-electron chi connectivity index (χ2n) is 16.3. The van der Waals surface area contributed by atoms with Crippen molar-refractivity contribution < 1.29 is 38.7 Å². The molecule has 22 nitrogen and oxygen atoms in total. The number of primary amides is 1. The summed E-state index contributed by atoms with van der Waals surface area (Å²) in [5.74, 6) is -5.78. The lowest BCUT2D eigenvalue weighted by Crippen LogP contribution is -2.56. The number of rotatable bonds is 26. The van der Waals surface area contributed by atoms with Crippen LogP contribution in [-0.4, -0.2) is 117 Å². The third kappa shape index (κ3) is 15.4. The number of unbranched alkanes of at least 4 members (excludes halogenated alkanes) is 1. The summed E-state index contributed by atoms with van der Waals surface area (Å²) in [6.45, 7) is 1.84. The molecule has 362 valence electrons. The van der Waals surface area contributed by atoms with E-state index in [9.17, 15) is 33.6 Å². The van der Waals surface area contributed by atoms with Crippen LogP contribution >= 0.6 is 0 Å². The van der Waals surface area contributed by atoms with Crippen molar-refractivity contribution in [3.63, 3.8) is 0 Å². The zero-order valence-corrected chi connectivity index (χ0v) is 37.6. The molecule has 2 heterocycles. The summed E-state index contributed by atoms with van der Waals surface area (Å²) in [6, 6.07) is 14.0. The number of aromatic amines is 2. The highest BCUT2D eigenvalue weighted by Gasteiger charge is 2.31. The van der Waals surface area contributed by atoms with Crippen molar-refractivity contribution in [1.82, 2.24) is 41.5 Å². The van der Waals surface area contributed by atoms with Gasteiger partial charge in [0.1, 0.15) is 30.2 Å². The van der Waals surface area contributed by atoms with Gasteiger partial charge in [0, 0.05) is 54.1 Å². The maximum atomic E-state index is 14.4. The molecule has 0 aliphatic heterocycles. The molecule has 0 radical (unpaired) electrons. The number of carboxylic acids is 1. The van der Waals surface area contributed by atoms with Crippen LogP contribution in [0.3, 0.4) is 0 Å². The molecule has 0 unspecified atom stereocenters. The Kier molecular flexibility index (Phi) is 18.9. The van der Waals surface area contributed by atoms with Crippen molar-refractivity contribution in [1.29, 1.82) is 0 Å². The number of carbonyl (C=O) groups is 7. The number of carbonyl (C=O) groups excluding carboxylic acids is 6. The Morgan fingerprint density at radius 3 is 2.12 bits per heavy atom. The van der Waals surface area contributed by atoms with Gasteiger partial charge in [0.15, 0.2) is 5.96 Å². The van der Waals surface area contributed by atoms with Crippen LogP contribution in [0.2, 0.25) is 0 Å². The minimum Gasteiger partial charge on any atom is -0.481 e. The first kappa shape index (κ1) is 51.1. The Bertz CT molecular complexity index is 2560. The molecule has 68 heavy (non-hydrogen) atoms. The molecule has 0 bridgehead atoms. The quantitative estimate of drug-likeness (QED) is 0.0196. The van der Waals surface area contributed by atoms with Crippen LogP contribution in [0.1, 0.15) is 56.7 Å². The van der Waals surface area contributed by atoms with Crippen LogP contribution < -0.4 is 54.8 Å². The van der Waals surface area contributed by atoms with Crippen LogP contribution in [0.15, 0.2) is 90.4 Å². The average Bonchev–Trinajstić information content (AvgIpc) is 3.98. The highest BCUT2D eigenvalue weighted by molar-refractivity contribution is 6.01. The fourth-order valence-corrected chi connectivity index (χ4v) is 7.34. The number of nitrogens with two attached hydrogens (primary N) is 4. The smallest absolute Gasteiger partial charge is 0.305 e. The summed E-state index contributed by atoms with van der Waals surface area (Å²) in [4.78, 5) is 105. The Hall–Kier alpha value is -7.85. The molecule has 0 aliphatic carbocycles. The number of aromatic nitrogens is 3. The molecule has 3 aromatic carbocycles. The lowest BCUT2D eigenvalue weighted by molar-refractivity contribution is -0.139. The molecule has 17 N–H and O–H groups in total. The van der Waals surface area contributed by atoms with Crippen LogP contribution in [0, 0.1) is 0 Å². The van der Waals surface area contributed by atoms with Crippen molar-refractivity contribution in [3.05, 3.63) is 96.7 Å². The third-order valence-electron chi connectivity index (χ3n) is 11.0. The molecule has 5 rings (SSSR count). The van der Waals surface area contributed by atoms with E-state index in [0.717, 1.165) is 27.2 Å². The fourth-order valence-electron chi connectivity index (χ4n) is 7.34. The van der Waals surface area contributed by atoms with Gasteiger partial charge < -0.3 is 64.6 Å². The molecule has 6 amide bonds. The summed E-state index contributed by atoms with van der Waals surface area (Å²) in [6.07, 6.45) is 5.82. The second kappa shape index (κ2) is 25.2. The van der Waals surface area contributed by atoms with Gasteiger partial charge >= 0.3 is 5.97 Å². The topological polar surface area (TPSA) is 373 Å². The standard InChI is InChI=1S/C46H60N14O8/c1-26(55-44(67)38(21-31-24-51-25-54-31)58-42(65)33(48)22-39(61)62)41(64)60-46(50)52-18-8-14-36(56-30-16-15-27-9-2-3-10-28(27)19-30)43(66)59-37(20-29-23-53-34-12-5-4-11-32(29)34)45(68)57-35(40(49)63)13-6-7-17-47/h2-5,9-12,15-16,19,23-26,33,35-38,53,56H,6-8,13-14,17-18,20-22,47-48H2,1H3,(H2,49,63)(H,51,54)(H,55,67)(H,57,68)(H,58,65)(H,59,66)(H,61,62)(H3,50,52,60,64)/t26-,33+,35+,36+,37+,38+/m1/s1. The van der Waals surface area contributed by atoms with Gasteiger partial charge in [-0.2, -0.15) is 0 Å². The Morgan fingerprint density at radius 1 is 0.735 bits per heavy atom. The summed E-state index contributed by atoms with van der Waals surface area (Å²) in [5.41, 5.74) is 25.8. The molecule has 0 saturated carbocycles. The number of anilines is 1. The van der Waals surface area contributed by atoms with E-state index in [1.807, 2.05) is 66.7 Å². The monoisotopic (exact) mass is 936 g/mol. The molecular weight excluding hydrogens is 877 g/mol. The number of fused-ring (bicyclic) bond motifs is 2. The van der Waals surface area contributed by atoms with Crippen LogP contribution in [-0.2, 0) is 46.4 Å². The van der Waals surface area contributed by atoms with Crippen LogP contribution in [0.25, 0.3) is 21.7 Å². The van der Waals surface area contributed by atoms with Gasteiger partial charge in [0.25, 0.3) is 0 Å².